The summed E-state index contributed by atoms with van der Waals surface area (Å²) in [4.78, 5) is 15.7. The first kappa shape index (κ1) is 14.0. The molecule has 1 aromatic heterocycles. The molecule has 0 aliphatic heterocycles. The van der Waals surface area contributed by atoms with E-state index in [4.69, 9.17) is 4.52 Å². The summed E-state index contributed by atoms with van der Waals surface area (Å²) in [7, 11) is -3.63. The Morgan fingerprint density at radius 1 is 1.53 bits per heavy atom. The van der Waals surface area contributed by atoms with Gasteiger partial charge in [0, 0.05) is 12.5 Å². The Kier molecular flexibility index (Phi) is 3.88. The third-order valence-electron chi connectivity index (χ3n) is 2.98. The molecule has 8 heteroatoms. The summed E-state index contributed by atoms with van der Waals surface area (Å²) in [5.74, 6) is -0.375. The van der Waals surface area contributed by atoms with Gasteiger partial charge in [0.15, 0.2) is 15.7 Å². The van der Waals surface area contributed by atoms with E-state index >= 15 is 0 Å². The maximum atomic E-state index is 12.1. The smallest absolute Gasteiger partial charge is 0.241 e. The molecule has 1 saturated carbocycles. The molecule has 1 amide bonds. The number of amides is 1. The lowest BCUT2D eigenvalue weighted by molar-refractivity contribution is -0.120. The molecule has 1 N–H and O–H groups in total. The second kappa shape index (κ2) is 5.28. The predicted octanol–water partition coefficient (Wildman–Crippen LogP) is 0.214. The molecule has 0 spiro atoms. The number of hydrogen-bond acceptors (Lipinski definition) is 6. The van der Waals surface area contributed by atoms with Crippen molar-refractivity contribution in [3.8, 4) is 0 Å². The Morgan fingerprint density at radius 2 is 2.21 bits per heavy atom. The van der Waals surface area contributed by atoms with Crippen molar-refractivity contribution in [2.75, 3.05) is 0 Å². The summed E-state index contributed by atoms with van der Waals surface area (Å²) < 4.78 is 28.9. The summed E-state index contributed by atoms with van der Waals surface area (Å²) in [5.41, 5.74) is 0. The third kappa shape index (κ3) is 3.52. The molecule has 1 atom stereocenters. The minimum absolute atomic E-state index is 0.0305. The number of nitrogens with zero attached hydrogens (tertiary/aromatic N) is 2. The molecule has 1 aromatic rings. The fraction of sp³-hybridized carbons (Fsp3) is 0.727. The quantitative estimate of drug-likeness (QED) is 0.802. The van der Waals surface area contributed by atoms with E-state index in [1.54, 1.807) is 0 Å². The van der Waals surface area contributed by atoms with Crippen LogP contribution in [0, 0.1) is 0 Å². The molecule has 0 bridgehead atoms. The molecule has 1 aliphatic carbocycles. The zero-order chi connectivity index (χ0) is 14.0. The minimum atomic E-state index is -3.63. The number of hydrogen-bond donors (Lipinski definition) is 1. The standard InChI is InChI=1S/C11H17N3O4S/c1-3-9-13-10(18-14-9)6-19(16,17)7(2)11(15)12-8-4-5-8/h7-8H,3-6H2,1-2H3,(H,12,15)/t7-/m1/s1. The van der Waals surface area contributed by atoms with Crippen LogP contribution in [0.25, 0.3) is 0 Å². The van der Waals surface area contributed by atoms with Gasteiger partial charge in [0.2, 0.25) is 11.8 Å². The van der Waals surface area contributed by atoms with Crippen LogP contribution in [0.2, 0.25) is 0 Å². The Hall–Kier alpha value is -1.44. The number of carbonyl (C=O) groups is 1. The highest BCUT2D eigenvalue weighted by Crippen LogP contribution is 2.19. The van der Waals surface area contributed by atoms with Crippen LogP contribution in [0.3, 0.4) is 0 Å². The summed E-state index contributed by atoms with van der Waals surface area (Å²) in [6.07, 6.45) is 2.41. The highest BCUT2D eigenvalue weighted by Gasteiger charge is 2.33. The molecule has 0 radical (unpaired) electrons. The number of nitrogens with one attached hydrogen (secondary N) is 1. The van der Waals surface area contributed by atoms with Crippen LogP contribution in [0.4, 0.5) is 0 Å². The van der Waals surface area contributed by atoms with E-state index in [1.807, 2.05) is 6.92 Å². The summed E-state index contributed by atoms with van der Waals surface area (Å²) in [6, 6.07) is 0.139. The van der Waals surface area contributed by atoms with Crippen molar-refractivity contribution in [2.45, 2.75) is 50.2 Å². The van der Waals surface area contributed by atoms with Crippen LogP contribution in [0.5, 0.6) is 0 Å². The predicted molar refractivity (Wildman–Crippen MR) is 66.9 cm³/mol. The first-order valence-electron chi connectivity index (χ1n) is 6.25. The van der Waals surface area contributed by atoms with Crippen molar-refractivity contribution in [2.24, 2.45) is 0 Å². The van der Waals surface area contributed by atoms with Gasteiger partial charge in [-0.05, 0) is 19.8 Å². The van der Waals surface area contributed by atoms with Gasteiger partial charge in [0.25, 0.3) is 0 Å². The van der Waals surface area contributed by atoms with Gasteiger partial charge in [-0.2, -0.15) is 4.98 Å². The maximum absolute atomic E-state index is 12.1. The van der Waals surface area contributed by atoms with E-state index < -0.39 is 26.7 Å². The lowest BCUT2D eigenvalue weighted by atomic mass is 10.4. The van der Waals surface area contributed by atoms with Crippen LogP contribution >= 0.6 is 0 Å². The van der Waals surface area contributed by atoms with Crippen LogP contribution in [-0.2, 0) is 26.8 Å². The summed E-state index contributed by atoms with van der Waals surface area (Å²) >= 11 is 0. The van der Waals surface area contributed by atoms with E-state index in [1.165, 1.54) is 6.92 Å². The van der Waals surface area contributed by atoms with Crippen LogP contribution in [0.15, 0.2) is 4.52 Å². The lowest BCUT2D eigenvalue weighted by Crippen LogP contribution is -2.39. The summed E-state index contributed by atoms with van der Waals surface area (Å²) in [6.45, 7) is 3.22. The molecule has 1 fully saturated rings. The Balaban J connectivity index is 2.01. The Bertz CT molecular complexity index is 562. The fourth-order valence-electron chi connectivity index (χ4n) is 1.50. The van der Waals surface area contributed by atoms with Gasteiger partial charge in [0.05, 0.1) is 0 Å². The van der Waals surface area contributed by atoms with Crippen molar-refractivity contribution in [3.63, 3.8) is 0 Å². The highest BCUT2D eigenvalue weighted by atomic mass is 32.2. The molecule has 7 nitrogen and oxygen atoms in total. The monoisotopic (exact) mass is 287 g/mol. The molecular formula is C11H17N3O4S. The largest absolute Gasteiger partial charge is 0.352 e. The van der Waals surface area contributed by atoms with Crippen molar-refractivity contribution in [1.82, 2.24) is 15.5 Å². The van der Waals surface area contributed by atoms with E-state index in [0.29, 0.717) is 12.2 Å². The molecule has 0 aromatic carbocycles. The first-order valence-corrected chi connectivity index (χ1v) is 7.97. The van der Waals surface area contributed by atoms with Gasteiger partial charge in [-0.15, -0.1) is 0 Å². The first-order chi connectivity index (χ1) is 8.92. The average molecular weight is 287 g/mol. The second-order valence-electron chi connectivity index (χ2n) is 4.69. The van der Waals surface area contributed by atoms with Gasteiger partial charge in [-0.1, -0.05) is 12.1 Å². The van der Waals surface area contributed by atoms with E-state index in [0.717, 1.165) is 12.8 Å². The molecular weight excluding hydrogens is 270 g/mol. The van der Waals surface area contributed by atoms with Crippen LogP contribution < -0.4 is 5.32 Å². The van der Waals surface area contributed by atoms with Gasteiger partial charge in [0.1, 0.15) is 11.0 Å². The highest BCUT2D eigenvalue weighted by molar-refractivity contribution is 7.92. The minimum Gasteiger partial charge on any atom is -0.352 e. The summed E-state index contributed by atoms with van der Waals surface area (Å²) in [5, 5.41) is 5.20. The molecule has 1 heterocycles. The number of aromatic nitrogens is 2. The lowest BCUT2D eigenvalue weighted by Gasteiger charge is -2.11. The molecule has 0 saturated heterocycles. The van der Waals surface area contributed by atoms with Crippen LogP contribution in [-0.4, -0.2) is 35.8 Å². The van der Waals surface area contributed by atoms with Gasteiger partial charge >= 0.3 is 0 Å². The fourth-order valence-corrected chi connectivity index (χ4v) is 2.60. The van der Waals surface area contributed by atoms with Gasteiger partial charge in [-0.3, -0.25) is 4.79 Å². The number of aryl methyl sites for hydroxylation is 1. The molecule has 19 heavy (non-hydrogen) atoms. The average Bonchev–Trinajstić information content (AvgIpc) is 3.05. The third-order valence-corrected chi connectivity index (χ3v) is 4.92. The molecule has 0 unspecified atom stereocenters. The normalized spacial score (nSPS) is 17.2. The van der Waals surface area contributed by atoms with E-state index in [-0.39, 0.29) is 11.9 Å². The van der Waals surface area contributed by atoms with Gasteiger partial charge in [-0.25, -0.2) is 8.42 Å². The van der Waals surface area contributed by atoms with Crippen molar-refractivity contribution in [1.29, 1.82) is 0 Å². The van der Waals surface area contributed by atoms with Crippen molar-refractivity contribution < 1.29 is 17.7 Å². The molecule has 106 valence electrons. The second-order valence-corrected chi connectivity index (χ2v) is 7.01. The molecule has 2 rings (SSSR count). The zero-order valence-electron chi connectivity index (χ0n) is 10.9. The SMILES string of the molecule is CCc1noc(CS(=O)(=O)[C@H](C)C(=O)NC2CC2)n1. The Morgan fingerprint density at radius 3 is 2.74 bits per heavy atom. The maximum Gasteiger partial charge on any atom is 0.241 e. The number of sulfone groups is 1. The van der Waals surface area contributed by atoms with E-state index in [9.17, 15) is 13.2 Å². The number of rotatable bonds is 6. The van der Waals surface area contributed by atoms with Crippen molar-refractivity contribution >= 4 is 15.7 Å². The molecule has 1 aliphatic rings. The Labute approximate surface area is 111 Å². The van der Waals surface area contributed by atoms with Crippen LogP contribution in [0.1, 0.15) is 38.4 Å². The van der Waals surface area contributed by atoms with Crippen molar-refractivity contribution in [3.05, 3.63) is 11.7 Å². The topological polar surface area (TPSA) is 102 Å². The van der Waals surface area contributed by atoms with Gasteiger partial charge < -0.3 is 9.84 Å². The number of carbonyl (C=O) groups excluding carboxylic acids is 1. The van der Waals surface area contributed by atoms with E-state index in [2.05, 4.69) is 15.5 Å². The zero-order valence-corrected chi connectivity index (χ0v) is 11.7.